The van der Waals surface area contributed by atoms with Crippen LogP contribution in [0.4, 0.5) is 0 Å². The summed E-state index contributed by atoms with van der Waals surface area (Å²) in [4.78, 5) is 4.36. The quantitative estimate of drug-likeness (QED) is 0.532. The second-order valence-electron chi connectivity index (χ2n) is 3.44. The van der Waals surface area contributed by atoms with E-state index in [4.69, 9.17) is 21.1 Å². The molecule has 0 amide bonds. The number of ether oxygens (including phenoxy) is 2. The highest BCUT2D eigenvalue weighted by Crippen LogP contribution is 2.21. The Morgan fingerprint density at radius 1 is 1.44 bits per heavy atom. The Kier molecular flexibility index (Phi) is 6.96. The van der Waals surface area contributed by atoms with E-state index in [1.54, 1.807) is 11.3 Å². The Bertz CT molecular complexity index is 293. The van der Waals surface area contributed by atoms with Gasteiger partial charge in [0.15, 0.2) is 0 Å². The second-order valence-corrected chi connectivity index (χ2v) is 4.59. The molecule has 0 aliphatic heterocycles. The maximum absolute atomic E-state index is 5.69. The first kappa shape index (κ1) is 13.9. The molecule has 1 rings (SSSR count). The summed E-state index contributed by atoms with van der Waals surface area (Å²) in [6.45, 7) is 6.14. The van der Waals surface area contributed by atoms with Crippen molar-refractivity contribution in [1.82, 2.24) is 4.98 Å². The van der Waals surface area contributed by atoms with Crippen LogP contribution < -0.4 is 0 Å². The molecular weight excluding hydrogens is 246 g/mol. The smallest absolute Gasteiger partial charge is 0.122 e. The second kappa shape index (κ2) is 8.01. The van der Waals surface area contributed by atoms with Crippen molar-refractivity contribution in [2.24, 2.45) is 0 Å². The third kappa shape index (κ3) is 4.78. The zero-order chi connectivity index (χ0) is 11.8. The molecule has 3 nitrogen and oxygen atoms in total. The molecule has 0 aliphatic carbocycles. The van der Waals surface area contributed by atoms with Gasteiger partial charge in [0.05, 0.1) is 24.8 Å². The van der Waals surface area contributed by atoms with Crippen LogP contribution in [-0.2, 0) is 15.4 Å². The van der Waals surface area contributed by atoms with Crippen molar-refractivity contribution in [1.29, 1.82) is 0 Å². The third-order valence-electron chi connectivity index (χ3n) is 2.00. The van der Waals surface area contributed by atoms with Gasteiger partial charge in [-0.2, -0.15) is 0 Å². The highest BCUT2D eigenvalue weighted by Gasteiger charge is 2.10. The van der Waals surface area contributed by atoms with Crippen LogP contribution in [0.15, 0.2) is 5.38 Å². The topological polar surface area (TPSA) is 31.4 Å². The molecule has 1 unspecified atom stereocenters. The van der Waals surface area contributed by atoms with Crippen LogP contribution in [0.3, 0.4) is 0 Å². The molecule has 1 aromatic heterocycles. The Morgan fingerprint density at radius 3 is 2.88 bits per heavy atom. The fourth-order valence-corrected chi connectivity index (χ4v) is 2.22. The molecule has 0 aromatic carbocycles. The molecule has 16 heavy (non-hydrogen) atoms. The van der Waals surface area contributed by atoms with Crippen LogP contribution in [0.2, 0.25) is 0 Å². The van der Waals surface area contributed by atoms with Crippen molar-refractivity contribution in [3.63, 3.8) is 0 Å². The lowest BCUT2D eigenvalue weighted by atomic mass is 10.4. The molecule has 5 heteroatoms. The van der Waals surface area contributed by atoms with Gasteiger partial charge in [-0.1, -0.05) is 6.92 Å². The summed E-state index contributed by atoms with van der Waals surface area (Å²) < 4.78 is 10.9. The minimum absolute atomic E-state index is 0.0205. The standard InChI is InChI=1S/C11H18ClNO2S/c1-3-4-14-5-6-15-9(2)11-13-10(7-12)8-16-11/h8-9H,3-7H2,1-2H3. The predicted octanol–water partition coefficient (Wildman–Crippen LogP) is 3.39. The fraction of sp³-hybridized carbons (Fsp3) is 0.727. The van der Waals surface area contributed by atoms with Gasteiger partial charge in [0, 0.05) is 12.0 Å². The van der Waals surface area contributed by atoms with Crippen molar-refractivity contribution < 1.29 is 9.47 Å². The van der Waals surface area contributed by atoms with E-state index in [9.17, 15) is 0 Å². The number of aromatic nitrogens is 1. The van der Waals surface area contributed by atoms with Gasteiger partial charge in [-0.15, -0.1) is 22.9 Å². The van der Waals surface area contributed by atoms with E-state index in [0.29, 0.717) is 19.1 Å². The first-order chi connectivity index (χ1) is 7.77. The average molecular weight is 264 g/mol. The monoisotopic (exact) mass is 263 g/mol. The molecule has 0 radical (unpaired) electrons. The minimum atomic E-state index is 0.0205. The van der Waals surface area contributed by atoms with Crippen molar-refractivity contribution in [2.45, 2.75) is 32.3 Å². The van der Waals surface area contributed by atoms with Gasteiger partial charge >= 0.3 is 0 Å². The van der Waals surface area contributed by atoms with Crippen LogP contribution in [0, 0.1) is 0 Å². The lowest BCUT2D eigenvalue weighted by molar-refractivity contribution is 0.0115. The number of hydrogen-bond donors (Lipinski definition) is 0. The van der Waals surface area contributed by atoms with E-state index in [2.05, 4.69) is 11.9 Å². The first-order valence-corrected chi connectivity index (χ1v) is 6.89. The van der Waals surface area contributed by atoms with Gasteiger partial charge in [0.25, 0.3) is 0 Å². The Hall–Kier alpha value is -0.160. The summed E-state index contributed by atoms with van der Waals surface area (Å²) in [5.74, 6) is 0.461. The molecular formula is C11H18ClNO2S. The SMILES string of the molecule is CCCOCCOC(C)c1nc(CCl)cs1. The number of thiazole rings is 1. The summed E-state index contributed by atoms with van der Waals surface area (Å²) in [6.07, 6.45) is 1.06. The van der Waals surface area contributed by atoms with Crippen molar-refractivity contribution in [3.8, 4) is 0 Å². The van der Waals surface area contributed by atoms with Gasteiger partial charge < -0.3 is 9.47 Å². The number of halogens is 1. The lowest BCUT2D eigenvalue weighted by Crippen LogP contribution is -2.08. The molecule has 0 bridgehead atoms. The molecule has 0 spiro atoms. The summed E-state index contributed by atoms with van der Waals surface area (Å²) in [6, 6.07) is 0. The van der Waals surface area contributed by atoms with Crippen LogP contribution in [0.25, 0.3) is 0 Å². The molecule has 0 N–H and O–H groups in total. The molecule has 1 aromatic rings. The Labute approximate surface area is 106 Å². The van der Waals surface area contributed by atoms with Crippen molar-refractivity contribution in [2.75, 3.05) is 19.8 Å². The maximum atomic E-state index is 5.69. The fourth-order valence-electron chi connectivity index (χ4n) is 1.17. The average Bonchev–Trinajstić information content (AvgIpc) is 2.77. The number of rotatable bonds is 8. The normalized spacial score (nSPS) is 12.9. The van der Waals surface area contributed by atoms with E-state index < -0.39 is 0 Å². The van der Waals surface area contributed by atoms with E-state index in [1.807, 2.05) is 12.3 Å². The lowest BCUT2D eigenvalue weighted by Gasteiger charge is -2.10. The molecule has 0 aliphatic rings. The zero-order valence-corrected chi connectivity index (χ0v) is 11.3. The van der Waals surface area contributed by atoms with E-state index in [1.165, 1.54) is 0 Å². The number of hydrogen-bond acceptors (Lipinski definition) is 4. The summed E-state index contributed by atoms with van der Waals surface area (Å²) in [7, 11) is 0. The summed E-state index contributed by atoms with van der Waals surface area (Å²) in [5, 5.41) is 2.95. The third-order valence-corrected chi connectivity index (χ3v) is 3.33. The molecule has 92 valence electrons. The van der Waals surface area contributed by atoms with Gasteiger partial charge in [-0.05, 0) is 13.3 Å². The predicted molar refractivity (Wildman–Crippen MR) is 67.1 cm³/mol. The van der Waals surface area contributed by atoms with Gasteiger partial charge in [0.1, 0.15) is 11.1 Å². The molecule has 0 fully saturated rings. The summed E-state index contributed by atoms with van der Waals surface area (Å²) in [5.41, 5.74) is 0.916. The first-order valence-electron chi connectivity index (χ1n) is 5.47. The Balaban J connectivity index is 2.21. The molecule has 1 atom stereocenters. The highest BCUT2D eigenvalue weighted by molar-refractivity contribution is 7.09. The van der Waals surface area contributed by atoms with Gasteiger partial charge in [0.2, 0.25) is 0 Å². The molecule has 0 saturated carbocycles. The van der Waals surface area contributed by atoms with Gasteiger partial charge in [-0.3, -0.25) is 0 Å². The number of nitrogens with zero attached hydrogens (tertiary/aromatic N) is 1. The van der Waals surface area contributed by atoms with Gasteiger partial charge in [-0.25, -0.2) is 4.98 Å². The highest BCUT2D eigenvalue weighted by atomic mass is 35.5. The maximum Gasteiger partial charge on any atom is 0.122 e. The molecule has 1 heterocycles. The van der Waals surface area contributed by atoms with Crippen LogP contribution >= 0.6 is 22.9 Å². The Morgan fingerprint density at radius 2 is 2.25 bits per heavy atom. The molecule has 0 saturated heterocycles. The zero-order valence-electron chi connectivity index (χ0n) is 9.74. The largest absolute Gasteiger partial charge is 0.379 e. The van der Waals surface area contributed by atoms with E-state index >= 15 is 0 Å². The summed E-state index contributed by atoms with van der Waals surface area (Å²) >= 11 is 7.28. The van der Waals surface area contributed by atoms with Crippen LogP contribution in [0.1, 0.15) is 37.1 Å². The number of alkyl halides is 1. The van der Waals surface area contributed by atoms with E-state index in [-0.39, 0.29) is 6.10 Å². The van der Waals surface area contributed by atoms with Crippen molar-refractivity contribution >= 4 is 22.9 Å². The van der Waals surface area contributed by atoms with E-state index in [0.717, 1.165) is 23.7 Å². The minimum Gasteiger partial charge on any atom is -0.379 e. The van der Waals surface area contributed by atoms with Crippen LogP contribution in [-0.4, -0.2) is 24.8 Å². The van der Waals surface area contributed by atoms with Crippen molar-refractivity contribution in [3.05, 3.63) is 16.1 Å². The van der Waals surface area contributed by atoms with Crippen LogP contribution in [0.5, 0.6) is 0 Å².